The third kappa shape index (κ3) is 7.68. The van der Waals surface area contributed by atoms with Crippen LogP contribution in [0.5, 0.6) is 0 Å². The number of carbonyl (C=O) groups is 4. The molecule has 53 heavy (non-hydrogen) atoms. The zero-order valence-corrected chi connectivity index (χ0v) is 30.8. The molecule has 3 aromatic rings. The molecule has 1 spiro atoms. The van der Waals surface area contributed by atoms with E-state index in [0.29, 0.717) is 30.5 Å². The fourth-order valence-corrected chi connectivity index (χ4v) is 9.16. The Morgan fingerprint density at radius 1 is 0.981 bits per heavy atom. The van der Waals surface area contributed by atoms with Crippen molar-refractivity contribution in [2.75, 3.05) is 6.54 Å². The van der Waals surface area contributed by atoms with Crippen molar-refractivity contribution < 1.29 is 29.4 Å². The van der Waals surface area contributed by atoms with Crippen LogP contribution in [0.4, 0.5) is 0 Å². The average molecular weight is 728 g/mol. The Morgan fingerprint density at radius 3 is 2.32 bits per heavy atom. The van der Waals surface area contributed by atoms with Crippen LogP contribution in [0.1, 0.15) is 119 Å². The number of hydrogen-bond donors (Lipinski definition) is 5. The van der Waals surface area contributed by atoms with E-state index in [1.54, 1.807) is 24.6 Å². The Labute approximate surface area is 310 Å². The summed E-state index contributed by atoms with van der Waals surface area (Å²) in [4.78, 5) is 57.3. The fraction of sp³-hybridized carbons (Fsp3) is 0.600. The number of nitrogens with two attached hydrogens (primary N) is 1. The second kappa shape index (κ2) is 14.5. The van der Waals surface area contributed by atoms with Gasteiger partial charge in [-0.3, -0.25) is 19.2 Å². The fourth-order valence-electron chi connectivity index (χ4n) is 9.16. The predicted molar refractivity (Wildman–Crippen MR) is 197 cm³/mol. The van der Waals surface area contributed by atoms with Crippen LogP contribution in [0.25, 0.3) is 10.8 Å². The zero-order chi connectivity index (χ0) is 37.5. The summed E-state index contributed by atoms with van der Waals surface area (Å²) in [5.74, 6) is -1.95. The monoisotopic (exact) mass is 727 g/mol. The van der Waals surface area contributed by atoms with Crippen LogP contribution in [0.2, 0.25) is 0 Å². The van der Waals surface area contributed by atoms with Gasteiger partial charge in [0.15, 0.2) is 6.10 Å². The zero-order valence-electron chi connectivity index (χ0n) is 30.8. The predicted octanol–water partition coefficient (Wildman–Crippen LogP) is 3.63. The standard InChI is InChI=1S/C40H53N7O6/c1-38(2,53)32-23-42-45-47(32)29-22-31(36(51)44-40(33(48)34(41)49)18-16-39(14-15-39)17-19-40)46(24-29)37(52)30(20-25-8-4-3-5-9-25)43-35(50)28-13-12-26-10-6-7-11-27(26)21-28/h6-7,10-13,21,23,25,29-31,33,48,53H,3-5,8-9,14-20,22,24H2,1-2H3,(H2,41,49)(H,43,50)(H,44,51)/t29-,30?,31-,33?/m0/s1. The van der Waals surface area contributed by atoms with Crippen molar-refractivity contribution >= 4 is 34.4 Å². The lowest BCUT2D eigenvalue weighted by Gasteiger charge is -2.44. The summed E-state index contributed by atoms with van der Waals surface area (Å²) in [5, 5.41) is 38.5. The topological polar surface area (TPSA) is 193 Å². The number of aliphatic hydroxyl groups is 2. The Hall–Kier alpha value is -4.36. The molecule has 6 N–H and O–H groups in total. The second-order valence-electron chi connectivity index (χ2n) is 16.8. The van der Waals surface area contributed by atoms with Gasteiger partial charge in [0.25, 0.3) is 5.91 Å². The third-order valence-electron chi connectivity index (χ3n) is 12.6. The lowest BCUT2D eigenvalue weighted by atomic mass is 9.71. The van der Waals surface area contributed by atoms with Crippen molar-refractivity contribution in [3.63, 3.8) is 0 Å². The van der Waals surface area contributed by atoms with Crippen LogP contribution < -0.4 is 16.4 Å². The molecule has 4 amide bonds. The van der Waals surface area contributed by atoms with E-state index in [1.165, 1.54) is 11.1 Å². The van der Waals surface area contributed by atoms with Gasteiger partial charge < -0.3 is 31.5 Å². The van der Waals surface area contributed by atoms with Gasteiger partial charge in [0, 0.05) is 18.5 Å². The van der Waals surface area contributed by atoms with E-state index in [9.17, 15) is 29.4 Å². The normalized spacial score (nSPS) is 23.7. The third-order valence-corrected chi connectivity index (χ3v) is 12.6. The van der Waals surface area contributed by atoms with Crippen molar-refractivity contribution in [1.82, 2.24) is 30.5 Å². The second-order valence-corrected chi connectivity index (χ2v) is 16.8. The average Bonchev–Trinajstić information content (AvgIpc) is 3.49. The lowest BCUT2D eigenvalue weighted by Crippen LogP contribution is -2.65. The maximum absolute atomic E-state index is 14.9. The molecular formula is C40H53N7O6. The minimum absolute atomic E-state index is 0.0743. The first-order chi connectivity index (χ1) is 25.3. The van der Waals surface area contributed by atoms with Gasteiger partial charge in [-0.05, 0) is 93.0 Å². The Morgan fingerprint density at radius 2 is 1.66 bits per heavy atom. The van der Waals surface area contributed by atoms with Gasteiger partial charge in [-0.15, -0.1) is 5.10 Å². The van der Waals surface area contributed by atoms with Crippen LogP contribution in [-0.4, -0.2) is 84.0 Å². The maximum Gasteiger partial charge on any atom is 0.251 e. The number of fused-ring (bicyclic) bond motifs is 1. The lowest BCUT2D eigenvalue weighted by molar-refractivity contribution is -0.144. The highest BCUT2D eigenvalue weighted by molar-refractivity contribution is 6.01. The van der Waals surface area contributed by atoms with Gasteiger partial charge in [0.1, 0.15) is 17.7 Å². The molecule has 3 saturated carbocycles. The molecule has 1 aromatic heterocycles. The van der Waals surface area contributed by atoms with Crippen LogP contribution in [0.15, 0.2) is 48.7 Å². The number of amides is 4. The van der Waals surface area contributed by atoms with Gasteiger partial charge >= 0.3 is 0 Å². The number of rotatable bonds is 11. The van der Waals surface area contributed by atoms with Crippen molar-refractivity contribution in [1.29, 1.82) is 0 Å². The highest BCUT2D eigenvalue weighted by atomic mass is 16.3. The minimum atomic E-state index is -1.60. The van der Waals surface area contributed by atoms with Crippen molar-refractivity contribution in [3.8, 4) is 0 Å². The molecule has 4 atom stereocenters. The van der Waals surface area contributed by atoms with Gasteiger partial charge in [0.2, 0.25) is 17.7 Å². The highest BCUT2D eigenvalue weighted by Gasteiger charge is 2.55. The van der Waals surface area contributed by atoms with E-state index in [0.717, 1.165) is 68.6 Å². The van der Waals surface area contributed by atoms with Crippen LogP contribution in [-0.2, 0) is 20.0 Å². The summed E-state index contributed by atoms with van der Waals surface area (Å²) in [6.07, 6.45) is 10.1. The summed E-state index contributed by atoms with van der Waals surface area (Å²) in [5.41, 5.74) is 4.15. The minimum Gasteiger partial charge on any atom is -0.384 e. The smallest absolute Gasteiger partial charge is 0.251 e. The molecule has 7 rings (SSSR count). The number of benzene rings is 2. The van der Waals surface area contributed by atoms with Crippen molar-refractivity contribution in [2.45, 2.75) is 133 Å². The molecule has 0 bridgehead atoms. The van der Waals surface area contributed by atoms with Gasteiger partial charge in [-0.1, -0.05) is 67.6 Å². The summed E-state index contributed by atoms with van der Waals surface area (Å²) >= 11 is 0. The molecule has 13 nitrogen and oxygen atoms in total. The van der Waals surface area contributed by atoms with E-state index in [-0.39, 0.29) is 36.1 Å². The van der Waals surface area contributed by atoms with Crippen LogP contribution in [0.3, 0.4) is 0 Å². The first-order valence-corrected chi connectivity index (χ1v) is 19.3. The number of hydrogen-bond acceptors (Lipinski definition) is 8. The van der Waals surface area contributed by atoms with E-state index < -0.39 is 47.2 Å². The highest BCUT2D eigenvalue weighted by Crippen LogP contribution is 2.58. The number of carbonyl (C=O) groups excluding carboxylic acids is 4. The first-order valence-electron chi connectivity index (χ1n) is 19.3. The largest absolute Gasteiger partial charge is 0.384 e. The van der Waals surface area contributed by atoms with Gasteiger partial charge in [0.05, 0.1) is 23.5 Å². The Kier molecular flexibility index (Phi) is 10.1. The van der Waals surface area contributed by atoms with E-state index in [4.69, 9.17) is 5.73 Å². The molecule has 1 aliphatic heterocycles. The molecule has 0 radical (unpaired) electrons. The molecule has 3 aliphatic carbocycles. The summed E-state index contributed by atoms with van der Waals surface area (Å²) in [6, 6.07) is 10.8. The summed E-state index contributed by atoms with van der Waals surface area (Å²) in [6.45, 7) is 3.32. The Balaban J connectivity index is 1.20. The number of aromatic nitrogens is 3. The van der Waals surface area contributed by atoms with E-state index >= 15 is 0 Å². The number of likely N-dealkylation sites (tertiary alicyclic amines) is 1. The Bertz CT molecular complexity index is 1850. The molecule has 284 valence electrons. The summed E-state index contributed by atoms with van der Waals surface area (Å²) < 4.78 is 1.57. The van der Waals surface area contributed by atoms with Gasteiger partial charge in [-0.2, -0.15) is 0 Å². The number of aliphatic hydroxyl groups excluding tert-OH is 1. The maximum atomic E-state index is 14.9. The molecule has 1 saturated heterocycles. The van der Waals surface area contributed by atoms with E-state index in [1.807, 2.05) is 36.4 Å². The molecule has 2 unspecified atom stereocenters. The van der Waals surface area contributed by atoms with Crippen molar-refractivity contribution in [3.05, 3.63) is 59.9 Å². The summed E-state index contributed by atoms with van der Waals surface area (Å²) in [7, 11) is 0. The molecule has 2 aromatic carbocycles. The molecule has 4 aliphatic rings. The number of nitrogens with zero attached hydrogens (tertiary/aromatic N) is 4. The molecule has 2 heterocycles. The van der Waals surface area contributed by atoms with Gasteiger partial charge in [-0.25, -0.2) is 4.68 Å². The van der Waals surface area contributed by atoms with Crippen molar-refractivity contribution in [2.24, 2.45) is 17.1 Å². The van der Waals surface area contributed by atoms with Crippen LogP contribution in [0, 0.1) is 11.3 Å². The van der Waals surface area contributed by atoms with E-state index in [2.05, 4.69) is 20.9 Å². The number of primary amides is 1. The molecule has 4 fully saturated rings. The number of nitrogens with one attached hydrogen (secondary N) is 2. The molecular weight excluding hydrogens is 674 g/mol. The SMILES string of the molecule is CC(C)(O)c1cnnn1[C@H]1C[C@@H](C(=O)NC2(C(O)C(N)=O)CCC3(CC3)CC2)N(C(=O)C(CC2CCCCC2)NC(=O)c2ccc3ccccc3c2)C1. The first kappa shape index (κ1) is 37.0. The van der Waals surface area contributed by atoms with Crippen LogP contribution >= 0.6 is 0 Å². The quantitative estimate of drug-likeness (QED) is 0.198. The molecule has 13 heteroatoms.